The van der Waals surface area contributed by atoms with Crippen molar-refractivity contribution in [3.8, 4) is 0 Å². The molecule has 118 valence electrons. The molecule has 1 aromatic heterocycles. The monoisotopic (exact) mass is 331 g/mol. The van der Waals surface area contributed by atoms with Crippen molar-refractivity contribution in [3.63, 3.8) is 0 Å². The minimum atomic E-state index is -0.248. The molecule has 1 aromatic rings. The van der Waals surface area contributed by atoms with Gasteiger partial charge in [0.1, 0.15) is 11.6 Å². The molecule has 4 nitrogen and oxygen atoms in total. The highest BCUT2D eigenvalue weighted by Gasteiger charge is 2.25. The van der Waals surface area contributed by atoms with Crippen molar-refractivity contribution in [2.24, 2.45) is 5.92 Å². The Morgan fingerprint density at radius 3 is 2.62 bits per heavy atom. The Hall–Kier alpha value is -0.710. The third-order valence-electron chi connectivity index (χ3n) is 3.97. The van der Waals surface area contributed by atoms with Crippen LogP contribution in [0.4, 0.5) is 11.6 Å². The molecule has 1 aliphatic rings. The van der Waals surface area contributed by atoms with E-state index >= 15 is 0 Å². The highest BCUT2D eigenvalue weighted by atomic mass is 35.5. The standard InChI is InChI=1S/C15H23Cl2N3O/c1-3-6-18-14-12(16)9-13(17)15(19-14)20-7-4-11(5-8-20)10(2)21/h9-11,21H,3-8H2,1-2H3,(H,18,19). The summed E-state index contributed by atoms with van der Waals surface area (Å²) < 4.78 is 0. The van der Waals surface area contributed by atoms with Crippen LogP contribution in [-0.4, -0.2) is 35.8 Å². The Bertz CT molecular complexity index is 474. The van der Waals surface area contributed by atoms with Gasteiger partial charge in [0.15, 0.2) is 0 Å². The number of piperidine rings is 1. The van der Waals surface area contributed by atoms with Crippen molar-refractivity contribution >= 4 is 34.8 Å². The van der Waals surface area contributed by atoms with Crippen LogP contribution in [0.2, 0.25) is 10.0 Å². The van der Waals surface area contributed by atoms with Crippen molar-refractivity contribution in [2.75, 3.05) is 29.9 Å². The molecule has 0 aliphatic carbocycles. The normalized spacial score (nSPS) is 17.9. The molecule has 0 bridgehead atoms. The van der Waals surface area contributed by atoms with Gasteiger partial charge in [0.05, 0.1) is 16.1 Å². The first-order chi connectivity index (χ1) is 10.0. The lowest BCUT2D eigenvalue weighted by molar-refractivity contribution is 0.110. The van der Waals surface area contributed by atoms with Gasteiger partial charge in [0.25, 0.3) is 0 Å². The summed E-state index contributed by atoms with van der Waals surface area (Å²) >= 11 is 12.5. The number of rotatable bonds is 5. The van der Waals surface area contributed by atoms with E-state index in [9.17, 15) is 5.11 Å². The predicted molar refractivity (Wildman–Crippen MR) is 89.7 cm³/mol. The zero-order chi connectivity index (χ0) is 15.4. The van der Waals surface area contributed by atoms with E-state index in [0.29, 0.717) is 21.8 Å². The number of aliphatic hydroxyl groups excluding tert-OH is 1. The van der Waals surface area contributed by atoms with Gasteiger partial charge >= 0.3 is 0 Å². The molecule has 0 radical (unpaired) electrons. The van der Waals surface area contributed by atoms with Crippen LogP contribution in [0.5, 0.6) is 0 Å². The molecular weight excluding hydrogens is 309 g/mol. The largest absolute Gasteiger partial charge is 0.393 e. The molecule has 1 unspecified atom stereocenters. The van der Waals surface area contributed by atoms with Crippen molar-refractivity contribution in [2.45, 2.75) is 39.2 Å². The van der Waals surface area contributed by atoms with E-state index in [1.54, 1.807) is 6.07 Å². The molecule has 1 saturated heterocycles. The topological polar surface area (TPSA) is 48.4 Å². The van der Waals surface area contributed by atoms with Gasteiger partial charge in [-0.05, 0) is 38.2 Å². The maximum atomic E-state index is 9.68. The van der Waals surface area contributed by atoms with Crippen LogP contribution in [0.3, 0.4) is 0 Å². The van der Waals surface area contributed by atoms with Crippen molar-refractivity contribution in [1.82, 2.24) is 4.98 Å². The molecule has 0 saturated carbocycles. The van der Waals surface area contributed by atoms with Crippen LogP contribution >= 0.6 is 23.2 Å². The van der Waals surface area contributed by atoms with Gasteiger partial charge < -0.3 is 15.3 Å². The van der Waals surface area contributed by atoms with E-state index < -0.39 is 0 Å². The van der Waals surface area contributed by atoms with Crippen molar-refractivity contribution < 1.29 is 5.11 Å². The molecule has 2 heterocycles. The minimum Gasteiger partial charge on any atom is -0.393 e. The first kappa shape index (κ1) is 16.7. The first-order valence-corrected chi connectivity index (χ1v) is 8.31. The lowest BCUT2D eigenvalue weighted by Crippen LogP contribution is -2.37. The van der Waals surface area contributed by atoms with Crippen LogP contribution in [-0.2, 0) is 0 Å². The maximum absolute atomic E-state index is 9.68. The number of pyridine rings is 1. The van der Waals surface area contributed by atoms with Crippen LogP contribution in [0, 0.1) is 5.92 Å². The van der Waals surface area contributed by atoms with Gasteiger partial charge in [-0.3, -0.25) is 0 Å². The highest BCUT2D eigenvalue weighted by Crippen LogP contribution is 2.34. The predicted octanol–water partition coefficient (Wildman–Crippen LogP) is 3.81. The molecule has 2 N–H and O–H groups in total. The Kier molecular flexibility index (Phi) is 5.97. The van der Waals surface area contributed by atoms with E-state index in [2.05, 4.69) is 22.1 Å². The third kappa shape index (κ3) is 4.15. The zero-order valence-corrected chi connectivity index (χ0v) is 14.1. The van der Waals surface area contributed by atoms with E-state index in [1.807, 2.05) is 6.92 Å². The molecule has 1 aliphatic heterocycles. The second-order valence-electron chi connectivity index (χ2n) is 5.62. The van der Waals surface area contributed by atoms with E-state index in [1.165, 1.54) is 0 Å². The Morgan fingerprint density at radius 2 is 2.05 bits per heavy atom. The zero-order valence-electron chi connectivity index (χ0n) is 12.6. The number of halogens is 2. The van der Waals surface area contributed by atoms with Crippen LogP contribution < -0.4 is 10.2 Å². The van der Waals surface area contributed by atoms with Crippen LogP contribution in [0.15, 0.2) is 6.07 Å². The van der Waals surface area contributed by atoms with Gasteiger partial charge in [-0.15, -0.1) is 0 Å². The fraction of sp³-hybridized carbons (Fsp3) is 0.667. The SMILES string of the molecule is CCCNc1nc(N2CCC(C(C)O)CC2)c(Cl)cc1Cl. The average Bonchev–Trinajstić information content (AvgIpc) is 2.46. The minimum absolute atomic E-state index is 0.248. The third-order valence-corrected chi connectivity index (χ3v) is 4.54. The number of hydrogen-bond acceptors (Lipinski definition) is 4. The number of nitrogens with zero attached hydrogens (tertiary/aromatic N) is 2. The molecule has 2 rings (SSSR count). The average molecular weight is 332 g/mol. The van der Waals surface area contributed by atoms with Crippen LogP contribution in [0.1, 0.15) is 33.1 Å². The first-order valence-electron chi connectivity index (χ1n) is 7.55. The van der Waals surface area contributed by atoms with E-state index in [4.69, 9.17) is 23.2 Å². The summed E-state index contributed by atoms with van der Waals surface area (Å²) in [6.07, 6.45) is 2.67. The summed E-state index contributed by atoms with van der Waals surface area (Å²) in [5.41, 5.74) is 0. The van der Waals surface area contributed by atoms with E-state index in [-0.39, 0.29) is 6.10 Å². The summed E-state index contributed by atoms with van der Waals surface area (Å²) in [7, 11) is 0. The maximum Gasteiger partial charge on any atom is 0.149 e. The summed E-state index contributed by atoms with van der Waals surface area (Å²) in [6.45, 7) is 6.51. The molecular formula is C15H23Cl2N3O. The molecule has 1 fully saturated rings. The summed E-state index contributed by atoms with van der Waals surface area (Å²) in [4.78, 5) is 6.77. The fourth-order valence-electron chi connectivity index (χ4n) is 2.64. The van der Waals surface area contributed by atoms with Gasteiger partial charge in [-0.2, -0.15) is 0 Å². The van der Waals surface area contributed by atoms with Gasteiger partial charge in [-0.25, -0.2) is 4.98 Å². The number of anilines is 2. The number of hydrogen-bond donors (Lipinski definition) is 2. The molecule has 1 atom stereocenters. The summed E-state index contributed by atoms with van der Waals surface area (Å²) in [5, 5.41) is 14.0. The lowest BCUT2D eigenvalue weighted by atomic mass is 9.92. The second kappa shape index (κ2) is 7.52. The fourth-order valence-corrected chi connectivity index (χ4v) is 3.18. The number of nitrogens with one attached hydrogen (secondary N) is 1. The van der Waals surface area contributed by atoms with Crippen LogP contribution in [0.25, 0.3) is 0 Å². The smallest absolute Gasteiger partial charge is 0.149 e. The van der Waals surface area contributed by atoms with Gasteiger partial charge in [-0.1, -0.05) is 30.1 Å². The summed E-state index contributed by atoms with van der Waals surface area (Å²) in [5.74, 6) is 1.84. The Morgan fingerprint density at radius 1 is 1.38 bits per heavy atom. The molecule has 0 amide bonds. The highest BCUT2D eigenvalue weighted by molar-refractivity contribution is 6.37. The number of aromatic nitrogens is 1. The Balaban J connectivity index is 2.12. The lowest BCUT2D eigenvalue weighted by Gasteiger charge is -2.34. The molecule has 21 heavy (non-hydrogen) atoms. The van der Waals surface area contributed by atoms with Crippen molar-refractivity contribution in [1.29, 1.82) is 0 Å². The Labute approximate surface area is 136 Å². The summed E-state index contributed by atoms with van der Waals surface area (Å²) in [6, 6.07) is 1.75. The molecule has 0 spiro atoms. The molecule has 6 heteroatoms. The van der Waals surface area contributed by atoms with E-state index in [0.717, 1.165) is 44.7 Å². The second-order valence-corrected chi connectivity index (χ2v) is 6.43. The van der Waals surface area contributed by atoms with Gasteiger partial charge in [0.2, 0.25) is 0 Å². The molecule has 0 aromatic carbocycles. The number of aliphatic hydroxyl groups is 1. The quantitative estimate of drug-likeness (QED) is 0.861. The van der Waals surface area contributed by atoms with Crippen molar-refractivity contribution in [3.05, 3.63) is 16.1 Å². The van der Waals surface area contributed by atoms with Gasteiger partial charge in [0, 0.05) is 19.6 Å².